The van der Waals surface area contributed by atoms with E-state index in [4.69, 9.17) is 10.2 Å². The fourth-order valence-corrected chi connectivity index (χ4v) is 1.47. The van der Waals surface area contributed by atoms with E-state index in [-0.39, 0.29) is 24.6 Å². The van der Waals surface area contributed by atoms with Crippen molar-refractivity contribution in [3.8, 4) is 0 Å². The maximum Gasteiger partial charge on any atom is 0.358 e. The Hall–Kier alpha value is -1.92. The molecule has 1 rings (SSSR count). The Kier molecular flexibility index (Phi) is 4.19. The first-order chi connectivity index (χ1) is 7.91. The number of carboxylic acids is 2. The summed E-state index contributed by atoms with van der Waals surface area (Å²) in [4.78, 5) is 21.4. The van der Waals surface area contributed by atoms with Gasteiger partial charge >= 0.3 is 11.9 Å². The molecule has 1 aromatic rings. The molecule has 0 aliphatic carbocycles. The van der Waals surface area contributed by atoms with Crippen LogP contribution in [0.3, 0.4) is 0 Å². The van der Waals surface area contributed by atoms with Gasteiger partial charge in [0.2, 0.25) is 0 Å². The molecule has 0 aliphatic heterocycles. The number of aryl methyl sites for hydroxylation is 1. The van der Waals surface area contributed by atoms with E-state index in [0.717, 1.165) is 0 Å². The molecule has 0 fully saturated rings. The van der Waals surface area contributed by atoms with E-state index in [0.29, 0.717) is 12.1 Å². The molecule has 1 heterocycles. The summed E-state index contributed by atoms with van der Waals surface area (Å²) in [6.07, 6.45) is 0.405. The van der Waals surface area contributed by atoms with Crippen LogP contribution in [-0.2, 0) is 17.8 Å². The molecule has 0 aromatic carbocycles. The maximum absolute atomic E-state index is 10.9. The van der Waals surface area contributed by atoms with Gasteiger partial charge in [0, 0.05) is 0 Å². The van der Waals surface area contributed by atoms with E-state index < -0.39 is 11.9 Å². The second-order valence-electron chi connectivity index (χ2n) is 4.15. The van der Waals surface area contributed by atoms with E-state index in [1.165, 1.54) is 4.68 Å². The third kappa shape index (κ3) is 3.54. The number of hydrogen-bond donors (Lipinski definition) is 2. The highest BCUT2D eigenvalue weighted by Gasteiger charge is 2.19. The molecule has 0 unspecified atom stereocenters. The van der Waals surface area contributed by atoms with Crippen molar-refractivity contribution in [1.29, 1.82) is 0 Å². The lowest BCUT2D eigenvalue weighted by Crippen LogP contribution is -2.13. The van der Waals surface area contributed by atoms with Crippen LogP contribution in [-0.4, -0.2) is 37.1 Å². The fourth-order valence-electron chi connectivity index (χ4n) is 1.47. The molecule has 1 aromatic heterocycles. The highest BCUT2D eigenvalue weighted by molar-refractivity contribution is 5.86. The summed E-state index contributed by atoms with van der Waals surface area (Å²) in [6, 6.07) is 0. The van der Waals surface area contributed by atoms with Gasteiger partial charge in [-0.05, 0) is 12.3 Å². The molecule has 0 bridgehead atoms. The Balaban J connectivity index is 2.95. The van der Waals surface area contributed by atoms with Crippen molar-refractivity contribution < 1.29 is 19.8 Å². The van der Waals surface area contributed by atoms with Crippen molar-refractivity contribution >= 4 is 11.9 Å². The molecule has 2 N–H and O–H groups in total. The van der Waals surface area contributed by atoms with Crippen molar-refractivity contribution in [2.24, 2.45) is 5.92 Å². The van der Waals surface area contributed by atoms with Crippen LogP contribution in [0.5, 0.6) is 0 Å². The van der Waals surface area contributed by atoms with Crippen molar-refractivity contribution in [3.63, 3.8) is 0 Å². The molecule has 0 spiro atoms. The zero-order valence-corrected chi connectivity index (χ0v) is 9.75. The molecule has 0 radical (unpaired) electrons. The fraction of sp³-hybridized carbons (Fsp3) is 0.600. The molecular formula is C10H15N3O4. The predicted molar refractivity (Wildman–Crippen MR) is 57.8 cm³/mol. The topological polar surface area (TPSA) is 105 Å². The Morgan fingerprint density at radius 2 is 2.00 bits per heavy atom. The third-order valence-electron chi connectivity index (χ3n) is 2.18. The van der Waals surface area contributed by atoms with Gasteiger partial charge in [-0.25, -0.2) is 9.48 Å². The predicted octanol–water partition coefficient (Wildman–Crippen LogP) is 0.649. The first-order valence-corrected chi connectivity index (χ1v) is 5.29. The lowest BCUT2D eigenvalue weighted by molar-refractivity contribution is -0.137. The summed E-state index contributed by atoms with van der Waals surface area (Å²) < 4.78 is 1.36. The Labute approximate surface area is 98.1 Å². The van der Waals surface area contributed by atoms with Gasteiger partial charge in [-0.3, -0.25) is 4.79 Å². The van der Waals surface area contributed by atoms with Crippen LogP contribution in [0, 0.1) is 5.92 Å². The molecule has 0 amide bonds. The average Bonchev–Trinajstić information content (AvgIpc) is 2.57. The average molecular weight is 241 g/mol. The number of aromatic carboxylic acids is 1. The molecule has 7 heteroatoms. The van der Waals surface area contributed by atoms with E-state index in [1.807, 2.05) is 13.8 Å². The van der Waals surface area contributed by atoms with Gasteiger partial charge in [0.05, 0.1) is 18.7 Å². The lowest BCUT2D eigenvalue weighted by Gasteiger charge is -2.07. The van der Waals surface area contributed by atoms with Crippen LogP contribution in [0.1, 0.15) is 36.5 Å². The third-order valence-corrected chi connectivity index (χ3v) is 2.18. The standard InChI is InChI=1S/C10H15N3O4/c1-6(2)5-7-9(10(16)17)11-12-13(7)4-3-8(14)15/h6H,3-5H2,1-2H3,(H,14,15)(H,16,17). The van der Waals surface area contributed by atoms with E-state index in [1.54, 1.807) is 0 Å². The second-order valence-corrected chi connectivity index (χ2v) is 4.15. The molecule has 17 heavy (non-hydrogen) atoms. The van der Waals surface area contributed by atoms with Gasteiger partial charge in [-0.2, -0.15) is 0 Å². The number of hydrogen-bond acceptors (Lipinski definition) is 4. The van der Waals surface area contributed by atoms with E-state index in [2.05, 4.69) is 10.3 Å². The van der Waals surface area contributed by atoms with Crippen LogP contribution < -0.4 is 0 Å². The minimum Gasteiger partial charge on any atom is -0.481 e. The first kappa shape index (κ1) is 13.1. The van der Waals surface area contributed by atoms with Gasteiger partial charge in [0.25, 0.3) is 0 Å². The number of aromatic nitrogens is 3. The molecule has 0 saturated heterocycles. The molecular weight excluding hydrogens is 226 g/mol. The van der Waals surface area contributed by atoms with Crippen LogP contribution in [0.15, 0.2) is 0 Å². The van der Waals surface area contributed by atoms with Crippen molar-refractivity contribution in [1.82, 2.24) is 15.0 Å². The minimum absolute atomic E-state index is 0.0934. The number of carboxylic acid groups (broad SMARTS) is 2. The smallest absolute Gasteiger partial charge is 0.358 e. The van der Waals surface area contributed by atoms with Crippen LogP contribution >= 0.6 is 0 Å². The molecule has 0 aliphatic rings. The zero-order valence-electron chi connectivity index (χ0n) is 9.75. The van der Waals surface area contributed by atoms with Crippen molar-refractivity contribution in [3.05, 3.63) is 11.4 Å². The molecule has 0 atom stereocenters. The summed E-state index contributed by atoms with van der Waals surface area (Å²) >= 11 is 0. The van der Waals surface area contributed by atoms with Gasteiger partial charge in [0.15, 0.2) is 5.69 Å². The van der Waals surface area contributed by atoms with Gasteiger partial charge in [-0.15, -0.1) is 5.10 Å². The Morgan fingerprint density at radius 1 is 1.35 bits per heavy atom. The Morgan fingerprint density at radius 3 is 2.47 bits per heavy atom. The largest absolute Gasteiger partial charge is 0.481 e. The number of rotatable bonds is 6. The minimum atomic E-state index is -1.14. The normalized spacial score (nSPS) is 10.8. The highest BCUT2D eigenvalue weighted by atomic mass is 16.4. The SMILES string of the molecule is CC(C)Cc1c(C(=O)O)nnn1CCC(=O)O. The summed E-state index contributed by atoms with van der Waals surface area (Å²) in [5.41, 5.74) is 0.387. The monoisotopic (exact) mass is 241 g/mol. The molecule has 7 nitrogen and oxygen atoms in total. The summed E-state index contributed by atoms with van der Waals surface area (Å²) in [7, 11) is 0. The van der Waals surface area contributed by atoms with Crippen molar-refractivity contribution in [2.45, 2.75) is 33.2 Å². The Bertz CT molecular complexity index is 425. The molecule has 0 saturated carbocycles. The van der Waals surface area contributed by atoms with Crippen LogP contribution in [0.4, 0.5) is 0 Å². The number of nitrogens with zero attached hydrogens (tertiary/aromatic N) is 3. The van der Waals surface area contributed by atoms with Gasteiger partial charge < -0.3 is 10.2 Å². The van der Waals surface area contributed by atoms with Crippen LogP contribution in [0.2, 0.25) is 0 Å². The lowest BCUT2D eigenvalue weighted by atomic mass is 10.1. The summed E-state index contributed by atoms with van der Waals surface area (Å²) in [5, 5.41) is 24.8. The first-order valence-electron chi connectivity index (χ1n) is 5.29. The number of aliphatic carboxylic acids is 1. The van der Waals surface area contributed by atoms with Gasteiger partial charge in [-0.1, -0.05) is 19.1 Å². The zero-order chi connectivity index (χ0) is 13.0. The second kappa shape index (κ2) is 5.42. The number of carbonyl (C=O) groups is 2. The van der Waals surface area contributed by atoms with E-state index >= 15 is 0 Å². The van der Waals surface area contributed by atoms with E-state index in [9.17, 15) is 9.59 Å². The molecule has 94 valence electrons. The van der Waals surface area contributed by atoms with Crippen LogP contribution in [0.25, 0.3) is 0 Å². The quantitative estimate of drug-likeness (QED) is 0.757. The van der Waals surface area contributed by atoms with Crippen molar-refractivity contribution in [2.75, 3.05) is 0 Å². The highest BCUT2D eigenvalue weighted by Crippen LogP contribution is 2.12. The van der Waals surface area contributed by atoms with Gasteiger partial charge in [0.1, 0.15) is 0 Å². The summed E-state index contributed by atoms with van der Waals surface area (Å²) in [6.45, 7) is 4.03. The maximum atomic E-state index is 10.9. The summed E-state index contributed by atoms with van der Waals surface area (Å²) in [5.74, 6) is -1.84.